The molecule has 0 bridgehead atoms. The van der Waals surface area contributed by atoms with Gasteiger partial charge in [0, 0.05) is 11.9 Å². The average Bonchev–Trinajstić information content (AvgIpc) is 2.75. The van der Waals surface area contributed by atoms with Crippen LogP contribution in [0.1, 0.15) is 44.4 Å². The first-order valence-electron chi connectivity index (χ1n) is 10.4. The fraction of sp³-hybridized carbons (Fsp3) is 0.269. The van der Waals surface area contributed by atoms with E-state index in [2.05, 4.69) is 37.1 Å². The van der Waals surface area contributed by atoms with Crippen molar-refractivity contribution in [3.05, 3.63) is 77.5 Å². The molecule has 1 N–H and O–H groups in total. The second kappa shape index (κ2) is 9.52. The molecule has 3 aromatic rings. The number of nitriles is 1. The third-order valence-electron chi connectivity index (χ3n) is 4.96. The number of anilines is 1. The highest BCUT2D eigenvalue weighted by atomic mass is 16.5. The lowest BCUT2D eigenvalue weighted by Crippen LogP contribution is -2.30. The largest absolute Gasteiger partial charge is 0.481 e. The van der Waals surface area contributed by atoms with Gasteiger partial charge in [0.25, 0.3) is 5.91 Å². The average molecular weight is 430 g/mol. The van der Waals surface area contributed by atoms with Crippen LogP contribution >= 0.6 is 0 Å². The molecule has 3 rings (SSSR count). The number of benzene rings is 2. The predicted octanol–water partition coefficient (Wildman–Crippen LogP) is 5.76. The number of amides is 1. The summed E-state index contributed by atoms with van der Waals surface area (Å²) >= 11 is 0. The normalized spacial score (nSPS) is 11.9. The maximum atomic E-state index is 12.6. The molecule has 0 aliphatic rings. The molecule has 6 heteroatoms. The summed E-state index contributed by atoms with van der Waals surface area (Å²) in [5, 5.41) is 12.1. The van der Waals surface area contributed by atoms with Crippen molar-refractivity contribution < 1.29 is 14.3 Å². The number of aryl methyl sites for hydroxylation is 1. The summed E-state index contributed by atoms with van der Waals surface area (Å²) in [6, 6.07) is 18.4. The van der Waals surface area contributed by atoms with E-state index < -0.39 is 6.10 Å². The molecular weight excluding hydrogens is 402 g/mol. The molecule has 2 aromatic carbocycles. The van der Waals surface area contributed by atoms with Gasteiger partial charge in [-0.1, -0.05) is 32.9 Å². The molecular formula is C26H27N3O3. The number of ether oxygens (including phenoxy) is 2. The fourth-order valence-corrected chi connectivity index (χ4v) is 3.03. The Morgan fingerprint density at radius 3 is 2.41 bits per heavy atom. The number of hydrogen-bond acceptors (Lipinski definition) is 5. The fourth-order valence-electron chi connectivity index (χ4n) is 3.03. The summed E-state index contributed by atoms with van der Waals surface area (Å²) < 4.78 is 11.5. The van der Waals surface area contributed by atoms with E-state index in [1.54, 1.807) is 43.5 Å². The van der Waals surface area contributed by atoms with E-state index in [1.807, 2.05) is 31.2 Å². The van der Waals surface area contributed by atoms with Gasteiger partial charge in [0.2, 0.25) is 5.88 Å². The number of pyridine rings is 1. The number of carbonyl (C=O) groups excluding carboxylic acids is 1. The molecule has 6 nitrogen and oxygen atoms in total. The molecule has 0 fully saturated rings. The van der Waals surface area contributed by atoms with Crippen molar-refractivity contribution in [1.29, 1.82) is 5.26 Å². The molecule has 1 heterocycles. The molecule has 1 atom stereocenters. The van der Waals surface area contributed by atoms with Gasteiger partial charge in [0.1, 0.15) is 23.1 Å². The molecule has 32 heavy (non-hydrogen) atoms. The summed E-state index contributed by atoms with van der Waals surface area (Å²) in [6.07, 6.45) is 0.896. The van der Waals surface area contributed by atoms with Gasteiger partial charge in [-0.25, -0.2) is 4.98 Å². The Morgan fingerprint density at radius 2 is 1.78 bits per heavy atom. The van der Waals surface area contributed by atoms with E-state index >= 15 is 0 Å². The van der Waals surface area contributed by atoms with Gasteiger partial charge in [-0.15, -0.1) is 0 Å². The Morgan fingerprint density at radius 1 is 1.09 bits per heavy atom. The van der Waals surface area contributed by atoms with Crippen molar-refractivity contribution in [2.75, 3.05) is 5.32 Å². The summed E-state index contributed by atoms with van der Waals surface area (Å²) in [6.45, 7) is 10.0. The minimum Gasteiger partial charge on any atom is -0.481 e. The lowest BCUT2D eigenvalue weighted by molar-refractivity contribution is -0.122. The van der Waals surface area contributed by atoms with Crippen LogP contribution in [-0.2, 0) is 10.2 Å². The Labute approximate surface area is 188 Å². The van der Waals surface area contributed by atoms with Crippen LogP contribution in [0, 0.1) is 18.3 Å². The van der Waals surface area contributed by atoms with Gasteiger partial charge in [-0.2, -0.15) is 5.26 Å². The van der Waals surface area contributed by atoms with Crippen LogP contribution in [0.5, 0.6) is 17.4 Å². The number of nitrogens with zero attached hydrogens (tertiary/aromatic N) is 2. The van der Waals surface area contributed by atoms with Gasteiger partial charge >= 0.3 is 0 Å². The smallest absolute Gasteiger partial charge is 0.265 e. The van der Waals surface area contributed by atoms with E-state index in [-0.39, 0.29) is 17.2 Å². The van der Waals surface area contributed by atoms with Crippen molar-refractivity contribution in [1.82, 2.24) is 4.98 Å². The molecule has 164 valence electrons. The van der Waals surface area contributed by atoms with Crippen molar-refractivity contribution in [2.45, 2.75) is 46.1 Å². The Kier molecular flexibility index (Phi) is 6.79. The van der Waals surface area contributed by atoms with Crippen LogP contribution in [0.15, 0.2) is 60.8 Å². The highest BCUT2D eigenvalue weighted by molar-refractivity contribution is 5.94. The van der Waals surface area contributed by atoms with E-state index in [0.717, 1.165) is 5.56 Å². The Balaban J connectivity index is 1.64. The van der Waals surface area contributed by atoms with E-state index in [1.165, 1.54) is 5.56 Å². The zero-order chi connectivity index (χ0) is 23.3. The van der Waals surface area contributed by atoms with Crippen molar-refractivity contribution >= 4 is 11.6 Å². The first kappa shape index (κ1) is 22.8. The molecule has 0 aliphatic carbocycles. The minimum absolute atomic E-state index is 0.0572. The van der Waals surface area contributed by atoms with Gasteiger partial charge in [0.15, 0.2) is 6.10 Å². The lowest BCUT2D eigenvalue weighted by atomic mass is 9.87. The van der Waals surface area contributed by atoms with E-state index in [9.17, 15) is 10.1 Å². The third kappa shape index (κ3) is 5.64. The van der Waals surface area contributed by atoms with Crippen LogP contribution in [0.25, 0.3) is 0 Å². The van der Waals surface area contributed by atoms with E-state index in [0.29, 0.717) is 22.7 Å². The quantitative estimate of drug-likeness (QED) is 0.539. The van der Waals surface area contributed by atoms with Crippen LogP contribution in [0.4, 0.5) is 5.69 Å². The molecule has 1 amide bonds. The molecule has 0 saturated carbocycles. The number of carbonyl (C=O) groups is 1. The topological polar surface area (TPSA) is 84.2 Å². The Bertz CT molecular complexity index is 1140. The van der Waals surface area contributed by atoms with Crippen LogP contribution in [-0.4, -0.2) is 17.0 Å². The number of hydrogen-bond donors (Lipinski definition) is 1. The highest BCUT2D eigenvalue weighted by Gasteiger charge is 2.18. The molecule has 0 aliphatic heterocycles. The summed E-state index contributed by atoms with van der Waals surface area (Å²) in [5.74, 6) is 1.16. The first-order valence-corrected chi connectivity index (χ1v) is 10.4. The summed E-state index contributed by atoms with van der Waals surface area (Å²) in [4.78, 5) is 16.7. The summed E-state index contributed by atoms with van der Waals surface area (Å²) in [7, 11) is 0. The number of nitrogens with one attached hydrogen (secondary N) is 1. The maximum Gasteiger partial charge on any atom is 0.265 e. The minimum atomic E-state index is -0.669. The number of aromatic nitrogens is 1. The monoisotopic (exact) mass is 429 g/mol. The third-order valence-corrected chi connectivity index (χ3v) is 4.96. The zero-order valence-electron chi connectivity index (χ0n) is 19.0. The lowest BCUT2D eigenvalue weighted by Gasteiger charge is -2.20. The predicted molar refractivity (Wildman–Crippen MR) is 124 cm³/mol. The molecule has 1 aromatic heterocycles. The van der Waals surface area contributed by atoms with Crippen molar-refractivity contribution in [2.24, 2.45) is 0 Å². The second-order valence-corrected chi connectivity index (χ2v) is 8.57. The molecule has 1 unspecified atom stereocenters. The molecule has 0 radical (unpaired) electrons. The summed E-state index contributed by atoms with van der Waals surface area (Å²) in [5.41, 5.74) is 3.08. The highest BCUT2D eigenvalue weighted by Crippen LogP contribution is 2.27. The maximum absolute atomic E-state index is 12.6. The van der Waals surface area contributed by atoms with Crippen molar-refractivity contribution in [3.63, 3.8) is 0 Å². The van der Waals surface area contributed by atoms with Crippen molar-refractivity contribution in [3.8, 4) is 23.4 Å². The van der Waals surface area contributed by atoms with Crippen LogP contribution < -0.4 is 14.8 Å². The van der Waals surface area contributed by atoms with Crippen LogP contribution in [0.2, 0.25) is 0 Å². The van der Waals surface area contributed by atoms with E-state index in [4.69, 9.17) is 9.47 Å². The van der Waals surface area contributed by atoms with Gasteiger partial charge < -0.3 is 14.8 Å². The van der Waals surface area contributed by atoms with Gasteiger partial charge in [-0.05, 0) is 72.9 Å². The van der Waals surface area contributed by atoms with Gasteiger partial charge in [0.05, 0.1) is 0 Å². The van der Waals surface area contributed by atoms with Crippen LogP contribution in [0.3, 0.4) is 0 Å². The second-order valence-electron chi connectivity index (χ2n) is 8.57. The first-order chi connectivity index (χ1) is 15.2. The Hall–Kier alpha value is -3.85. The SMILES string of the molecule is Cc1cc(Oc2ncccc2C#N)ccc1NC(=O)C(C)Oc1ccc(C(C)(C)C)cc1. The molecule has 0 spiro atoms. The molecule has 0 saturated heterocycles. The standard InChI is InChI=1S/C26H27N3O3/c1-17-15-22(32-25-19(16-27)7-6-14-28-25)12-13-23(17)29-24(30)18(2)31-21-10-8-20(9-11-21)26(3,4)5/h6-15,18H,1-5H3,(H,29,30). The number of rotatable bonds is 6. The zero-order valence-corrected chi connectivity index (χ0v) is 19.0. The van der Waals surface area contributed by atoms with Gasteiger partial charge in [-0.3, -0.25) is 4.79 Å².